The maximum absolute atomic E-state index is 13.2. The van der Waals surface area contributed by atoms with E-state index in [1.807, 2.05) is 0 Å². The Balaban J connectivity index is 3.35. The lowest BCUT2D eigenvalue weighted by Gasteiger charge is -2.18. The van der Waals surface area contributed by atoms with Gasteiger partial charge in [-0.15, -0.1) is 0 Å². The molecule has 0 aliphatic rings. The number of hydrogen-bond donors (Lipinski definition) is 2. The molecule has 1 aromatic carbocycles. The van der Waals surface area contributed by atoms with Crippen LogP contribution in [0.2, 0.25) is 0 Å². The Kier molecular flexibility index (Phi) is 3.28. The molecule has 16 heavy (non-hydrogen) atoms. The first-order valence-corrected chi connectivity index (χ1v) is 4.70. The summed E-state index contributed by atoms with van der Waals surface area (Å²) in [6, 6.07) is 2.67. The van der Waals surface area contributed by atoms with Crippen LogP contribution in [-0.4, -0.2) is 11.1 Å². The zero-order valence-electron chi connectivity index (χ0n) is 9.00. The standard InChI is InChI=1S/C11H13F2NO2/c1-6-3-4-8(11(2,12)13)7(5-6)9(14)10(15)16/h3-5,9H,14H2,1-2H3,(H,15,16). The highest BCUT2D eigenvalue weighted by Gasteiger charge is 2.31. The third-order valence-corrected chi connectivity index (χ3v) is 2.28. The van der Waals surface area contributed by atoms with Gasteiger partial charge >= 0.3 is 5.97 Å². The number of alkyl halides is 2. The highest BCUT2D eigenvalue weighted by Crippen LogP contribution is 2.32. The van der Waals surface area contributed by atoms with Crippen LogP contribution >= 0.6 is 0 Å². The number of nitrogens with two attached hydrogens (primary N) is 1. The molecule has 0 amide bonds. The van der Waals surface area contributed by atoms with Crippen molar-refractivity contribution in [3.8, 4) is 0 Å². The molecule has 0 heterocycles. The van der Waals surface area contributed by atoms with Gasteiger partial charge in [0.15, 0.2) is 0 Å². The lowest BCUT2D eigenvalue weighted by atomic mass is 9.95. The van der Waals surface area contributed by atoms with Gasteiger partial charge in [-0.05, 0) is 12.5 Å². The molecule has 0 aromatic heterocycles. The van der Waals surface area contributed by atoms with Crippen molar-refractivity contribution in [1.82, 2.24) is 0 Å². The number of carbonyl (C=O) groups is 1. The van der Waals surface area contributed by atoms with Gasteiger partial charge in [-0.25, -0.2) is 8.78 Å². The summed E-state index contributed by atoms with van der Waals surface area (Å²) in [4.78, 5) is 10.7. The fraction of sp³-hybridized carbons (Fsp3) is 0.364. The largest absolute Gasteiger partial charge is 0.480 e. The Bertz CT molecular complexity index is 413. The normalized spacial score (nSPS) is 13.6. The summed E-state index contributed by atoms with van der Waals surface area (Å²) in [6.07, 6.45) is 0. The quantitative estimate of drug-likeness (QED) is 0.835. The summed E-state index contributed by atoms with van der Waals surface area (Å²) >= 11 is 0. The molecule has 0 aliphatic heterocycles. The molecule has 0 saturated heterocycles. The molecule has 88 valence electrons. The monoisotopic (exact) mass is 229 g/mol. The van der Waals surface area contributed by atoms with Gasteiger partial charge in [-0.3, -0.25) is 4.79 Å². The van der Waals surface area contributed by atoms with E-state index in [-0.39, 0.29) is 11.1 Å². The van der Waals surface area contributed by atoms with Crippen LogP contribution in [0, 0.1) is 6.92 Å². The lowest BCUT2D eigenvalue weighted by Crippen LogP contribution is -2.24. The molecular weight excluding hydrogens is 216 g/mol. The topological polar surface area (TPSA) is 63.3 Å². The van der Waals surface area contributed by atoms with E-state index in [9.17, 15) is 13.6 Å². The maximum atomic E-state index is 13.2. The third-order valence-electron chi connectivity index (χ3n) is 2.28. The summed E-state index contributed by atoms with van der Waals surface area (Å²) in [5.74, 6) is -4.42. The molecular formula is C11H13F2NO2. The number of rotatable bonds is 3. The minimum atomic E-state index is -3.10. The molecule has 3 nitrogen and oxygen atoms in total. The van der Waals surface area contributed by atoms with Crippen LogP contribution in [0.4, 0.5) is 8.78 Å². The van der Waals surface area contributed by atoms with Crippen LogP contribution in [0.1, 0.15) is 29.7 Å². The Labute approximate surface area is 91.9 Å². The molecule has 3 N–H and O–H groups in total. The number of carboxylic acid groups (broad SMARTS) is 1. The van der Waals surface area contributed by atoms with Crippen molar-refractivity contribution in [2.75, 3.05) is 0 Å². The van der Waals surface area contributed by atoms with Gasteiger partial charge in [0.1, 0.15) is 6.04 Å². The van der Waals surface area contributed by atoms with Gasteiger partial charge in [0.2, 0.25) is 0 Å². The van der Waals surface area contributed by atoms with Gasteiger partial charge in [0.25, 0.3) is 5.92 Å². The number of aliphatic carboxylic acids is 1. The first-order valence-electron chi connectivity index (χ1n) is 4.70. The average Bonchev–Trinajstić information content (AvgIpc) is 2.14. The van der Waals surface area contributed by atoms with Crippen LogP contribution in [-0.2, 0) is 10.7 Å². The minimum absolute atomic E-state index is 0.0417. The van der Waals surface area contributed by atoms with Crippen molar-refractivity contribution in [2.45, 2.75) is 25.8 Å². The van der Waals surface area contributed by atoms with Crippen LogP contribution < -0.4 is 5.73 Å². The fourth-order valence-corrected chi connectivity index (χ4v) is 1.47. The Morgan fingerprint density at radius 3 is 2.50 bits per heavy atom. The molecule has 5 heteroatoms. The molecule has 0 radical (unpaired) electrons. The third kappa shape index (κ3) is 2.55. The molecule has 1 rings (SSSR count). The fourth-order valence-electron chi connectivity index (χ4n) is 1.47. The van der Waals surface area contributed by atoms with Crippen molar-refractivity contribution in [3.05, 3.63) is 34.9 Å². The molecule has 0 aliphatic carbocycles. The second-order valence-corrected chi connectivity index (χ2v) is 3.79. The molecule has 0 saturated carbocycles. The number of aryl methyl sites for hydroxylation is 1. The predicted octanol–water partition coefficient (Wildman–Crippen LogP) is 2.19. The smallest absolute Gasteiger partial charge is 0.325 e. The first kappa shape index (κ1) is 12.6. The molecule has 1 unspecified atom stereocenters. The van der Waals surface area contributed by atoms with Crippen molar-refractivity contribution in [2.24, 2.45) is 5.73 Å². The highest BCUT2D eigenvalue weighted by molar-refractivity contribution is 5.76. The summed E-state index contributed by atoms with van der Waals surface area (Å²) < 4.78 is 26.4. The van der Waals surface area contributed by atoms with Gasteiger partial charge in [-0.2, -0.15) is 0 Å². The zero-order valence-corrected chi connectivity index (χ0v) is 9.00. The van der Waals surface area contributed by atoms with E-state index in [1.54, 1.807) is 6.92 Å². The van der Waals surface area contributed by atoms with E-state index in [0.717, 1.165) is 6.92 Å². The minimum Gasteiger partial charge on any atom is -0.480 e. The van der Waals surface area contributed by atoms with E-state index in [1.165, 1.54) is 18.2 Å². The second-order valence-electron chi connectivity index (χ2n) is 3.79. The van der Waals surface area contributed by atoms with Crippen LogP contribution in [0.5, 0.6) is 0 Å². The number of carboxylic acids is 1. The van der Waals surface area contributed by atoms with E-state index in [2.05, 4.69) is 0 Å². The molecule has 0 bridgehead atoms. The van der Waals surface area contributed by atoms with Crippen molar-refractivity contribution < 1.29 is 18.7 Å². The van der Waals surface area contributed by atoms with E-state index in [4.69, 9.17) is 10.8 Å². The van der Waals surface area contributed by atoms with Crippen molar-refractivity contribution >= 4 is 5.97 Å². The van der Waals surface area contributed by atoms with E-state index in [0.29, 0.717) is 5.56 Å². The van der Waals surface area contributed by atoms with Crippen molar-refractivity contribution in [1.29, 1.82) is 0 Å². The summed E-state index contributed by atoms with van der Waals surface area (Å²) in [6.45, 7) is 2.41. The van der Waals surface area contributed by atoms with Gasteiger partial charge < -0.3 is 10.8 Å². The highest BCUT2D eigenvalue weighted by atomic mass is 19.3. The lowest BCUT2D eigenvalue weighted by molar-refractivity contribution is -0.138. The van der Waals surface area contributed by atoms with Crippen LogP contribution in [0.25, 0.3) is 0 Å². The van der Waals surface area contributed by atoms with E-state index >= 15 is 0 Å². The number of hydrogen-bond acceptors (Lipinski definition) is 2. The second kappa shape index (κ2) is 4.17. The summed E-state index contributed by atoms with van der Waals surface area (Å²) in [7, 11) is 0. The summed E-state index contributed by atoms with van der Waals surface area (Å²) in [5, 5.41) is 8.75. The van der Waals surface area contributed by atoms with E-state index < -0.39 is 17.9 Å². The van der Waals surface area contributed by atoms with Crippen LogP contribution in [0.15, 0.2) is 18.2 Å². The Hall–Kier alpha value is -1.49. The van der Waals surface area contributed by atoms with Gasteiger partial charge in [0.05, 0.1) is 0 Å². The molecule has 1 aromatic rings. The maximum Gasteiger partial charge on any atom is 0.325 e. The Morgan fingerprint density at radius 1 is 1.50 bits per heavy atom. The molecule has 0 fully saturated rings. The first-order chi connectivity index (χ1) is 7.23. The predicted molar refractivity (Wildman–Crippen MR) is 55.3 cm³/mol. The molecule has 0 spiro atoms. The molecule has 1 atom stereocenters. The SMILES string of the molecule is Cc1ccc(C(C)(F)F)c(C(N)C(=O)O)c1. The average molecular weight is 229 g/mol. The van der Waals surface area contributed by atoms with Gasteiger partial charge in [-0.1, -0.05) is 23.8 Å². The van der Waals surface area contributed by atoms with Crippen LogP contribution in [0.3, 0.4) is 0 Å². The number of halogens is 2. The summed E-state index contributed by atoms with van der Waals surface area (Å²) in [5.41, 5.74) is 5.68. The van der Waals surface area contributed by atoms with Crippen molar-refractivity contribution in [3.63, 3.8) is 0 Å². The zero-order chi connectivity index (χ0) is 12.5. The number of benzene rings is 1. The van der Waals surface area contributed by atoms with Gasteiger partial charge in [0, 0.05) is 12.5 Å². The Morgan fingerprint density at radius 2 is 2.06 bits per heavy atom.